The lowest BCUT2D eigenvalue weighted by Crippen LogP contribution is -2.25. The Morgan fingerprint density at radius 2 is 1.88 bits per heavy atom. The summed E-state index contributed by atoms with van der Waals surface area (Å²) in [5.74, 6) is 0. The van der Waals surface area contributed by atoms with Crippen molar-refractivity contribution in [1.29, 1.82) is 0 Å². The van der Waals surface area contributed by atoms with Crippen LogP contribution in [-0.4, -0.2) is 16.0 Å². The predicted molar refractivity (Wildman–Crippen MR) is 115 cm³/mol. The van der Waals surface area contributed by atoms with Gasteiger partial charge >= 0.3 is 0 Å². The van der Waals surface area contributed by atoms with Crippen molar-refractivity contribution < 1.29 is 0 Å². The number of nitrogens with one attached hydrogen (secondary N) is 1. The number of benzene rings is 1. The van der Waals surface area contributed by atoms with Crippen LogP contribution in [0.1, 0.15) is 37.3 Å². The van der Waals surface area contributed by atoms with E-state index in [-0.39, 0.29) is 12.4 Å². The number of pyridine rings is 2. The average Bonchev–Trinajstić information content (AvgIpc) is 2.66. The SMILES string of the molecule is C[C@H](CCCCc1cccnc1)NCc1ccc2cnccc2c1Br.Cl. The Labute approximate surface area is 170 Å². The minimum Gasteiger partial charge on any atom is -0.310 e. The van der Waals surface area contributed by atoms with Crippen molar-refractivity contribution >= 4 is 39.1 Å². The number of hydrogen-bond acceptors (Lipinski definition) is 3. The van der Waals surface area contributed by atoms with Gasteiger partial charge < -0.3 is 5.32 Å². The minimum atomic E-state index is 0. The fourth-order valence-electron chi connectivity index (χ4n) is 3.02. The summed E-state index contributed by atoms with van der Waals surface area (Å²) in [6, 6.07) is 11.1. The van der Waals surface area contributed by atoms with Crippen molar-refractivity contribution in [2.45, 2.75) is 45.2 Å². The maximum atomic E-state index is 4.18. The van der Waals surface area contributed by atoms with E-state index >= 15 is 0 Å². The predicted octanol–water partition coefficient (Wildman–Crippen LogP) is 5.71. The van der Waals surface area contributed by atoms with E-state index < -0.39 is 0 Å². The fraction of sp³-hybridized carbons (Fsp3) is 0.333. The molecule has 5 heteroatoms. The molecule has 138 valence electrons. The fourth-order valence-corrected chi connectivity index (χ4v) is 3.66. The second-order valence-corrected chi connectivity index (χ2v) is 7.32. The molecule has 0 spiro atoms. The van der Waals surface area contributed by atoms with Gasteiger partial charge in [-0.05, 0) is 70.8 Å². The standard InChI is InChI=1S/C21H24BrN3.ClH/c1-16(5-2-3-6-17-7-4-11-23-13-17)25-15-19-9-8-18-14-24-12-10-20(18)21(19)22;/h4,7-14,16,25H,2-3,5-6,15H2,1H3;1H/t16-;/m1./s1. The van der Waals surface area contributed by atoms with E-state index in [1.807, 2.05) is 30.9 Å². The molecule has 0 amide bonds. The lowest BCUT2D eigenvalue weighted by molar-refractivity contribution is 0.488. The third kappa shape index (κ3) is 5.76. The van der Waals surface area contributed by atoms with Gasteiger partial charge in [0.05, 0.1) is 0 Å². The number of halogens is 2. The summed E-state index contributed by atoms with van der Waals surface area (Å²) >= 11 is 3.75. The molecule has 0 saturated carbocycles. The molecule has 3 nitrogen and oxygen atoms in total. The van der Waals surface area contributed by atoms with Gasteiger partial charge in [-0.25, -0.2) is 0 Å². The van der Waals surface area contributed by atoms with Crippen LogP contribution in [0.25, 0.3) is 10.8 Å². The van der Waals surface area contributed by atoms with E-state index in [4.69, 9.17) is 0 Å². The molecule has 0 aliphatic rings. The van der Waals surface area contributed by atoms with E-state index in [0.717, 1.165) is 13.0 Å². The Morgan fingerprint density at radius 3 is 2.69 bits per heavy atom. The Balaban J connectivity index is 0.00000243. The summed E-state index contributed by atoms with van der Waals surface area (Å²) in [6.07, 6.45) is 12.3. The Morgan fingerprint density at radius 1 is 1.04 bits per heavy atom. The summed E-state index contributed by atoms with van der Waals surface area (Å²) in [6.45, 7) is 3.14. The minimum absolute atomic E-state index is 0. The van der Waals surface area contributed by atoms with Crippen LogP contribution in [0.15, 0.2) is 59.6 Å². The summed E-state index contributed by atoms with van der Waals surface area (Å²) in [5.41, 5.74) is 2.62. The van der Waals surface area contributed by atoms with Gasteiger partial charge in [0.2, 0.25) is 0 Å². The number of fused-ring (bicyclic) bond motifs is 1. The molecule has 2 heterocycles. The lowest BCUT2D eigenvalue weighted by atomic mass is 10.1. The smallest absolute Gasteiger partial charge is 0.0346 e. The first-order valence-electron chi connectivity index (χ1n) is 8.87. The van der Waals surface area contributed by atoms with Gasteiger partial charge in [-0.15, -0.1) is 12.4 Å². The van der Waals surface area contributed by atoms with Gasteiger partial charge in [-0.3, -0.25) is 9.97 Å². The summed E-state index contributed by atoms with van der Waals surface area (Å²) in [7, 11) is 0. The van der Waals surface area contributed by atoms with Crippen molar-refractivity contribution in [2.75, 3.05) is 0 Å². The molecule has 3 rings (SSSR count). The molecule has 26 heavy (non-hydrogen) atoms. The molecule has 0 bridgehead atoms. The van der Waals surface area contributed by atoms with E-state index in [1.54, 1.807) is 0 Å². The Hall–Kier alpha value is -1.49. The zero-order valence-corrected chi connectivity index (χ0v) is 17.4. The van der Waals surface area contributed by atoms with Crippen molar-refractivity contribution in [3.05, 3.63) is 70.7 Å². The number of nitrogens with zero attached hydrogens (tertiary/aromatic N) is 2. The van der Waals surface area contributed by atoms with Gasteiger partial charge in [-0.2, -0.15) is 0 Å². The molecule has 0 fully saturated rings. The third-order valence-electron chi connectivity index (χ3n) is 4.55. The Bertz CT molecular complexity index is 811. The lowest BCUT2D eigenvalue weighted by Gasteiger charge is -2.15. The van der Waals surface area contributed by atoms with E-state index in [9.17, 15) is 0 Å². The van der Waals surface area contributed by atoms with Gasteiger partial charge in [0, 0.05) is 47.2 Å². The van der Waals surface area contributed by atoms with Crippen LogP contribution in [0, 0.1) is 0 Å². The first kappa shape index (κ1) is 20.8. The number of aryl methyl sites for hydroxylation is 1. The zero-order chi connectivity index (χ0) is 17.5. The molecule has 1 N–H and O–H groups in total. The highest BCUT2D eigenvalue weighted by atomic mass is 79.9. The van der Waals surface area contributed by atoms with Crippen LogP contribution in [0.3, 0.4) is 0 Å². The van der Waals surface area contributed by atoms with Gasteiger partial charge in [-0.1, -0.05) is 24.6 Å². The maximum absolute atomic E-state index is 4.18. The normalized spacial score (nSPS) is 11.9. The molecule has 1 aromatic carbocycles. The highest BCUT2D eigenvalue weighted by Crippen LogP contribution is 2.27. The molecule has 0 aliphatic carbocycles. The topological polar surface area (TPSA) is 37.8 Å². The second kappa shape index (κ2) is 10.6. The maximum Gasteiger partial charge on any atom is 0.0346 e. The molecule has 0 aliphatic heterocycles. The Kier molecular flexibility index (Phi) is 8.49. The molecular formula is C21H25BrClN3. The molecule has 0 saturated heterocycles. The summed E-state index contributed by atoms with van der Waals surface area (Å²) < 4.78 is 1.17. The largest absolute Gasteiger partial charge is 0.310 e. The van der Waals surface area contributed by atoms with E-state index in [1.165, 1.54) is 45.6 Å². The van der Waals surface area contributed by atoms with Crippen LogP contribution in [0.2, 0.25) is 0 Å². The number of aromatic nitrogens is 2. The van der Waals surface area contributed by atoms with Crippen LogP contribution >= 0.6 is 28.3 Å². The molecular weight excluding hydrogens is 410 g/mol. The van der Waals surface area contributed by atoms with Crippen molar-refractivity contribution in [3.8, 4) is 0 Å². The molecule has 3 aromatic rings. The van der Waals surface area contributed by atoms with Crippen molar-refractivity contribution in [2.24, 2.45) is 0 Å². The monoisotopic (exact) mass is 433 g/mol. The van der Waals surface area contributed by atoms with Crippen LogP contribution in [-0.2, 0) is 13.0 Å². The molecule has 1 atom stereocenters. The summed E-state index contributed by atoms with van der Waals surface area (Å²) in [5, 5.41) is 6.03. The van der Waals surface area contributed by atoms with Crippen LogP contribution in [0.5, 0.6) is 0 Å². The number of rotatable bonds is 8. The van der Waals surface area contributed by atoms with Crippen LogP contribution < -0.4 is 5.32 Å². The van der Waals surface area contributed by atoms with Crippen molar-refractivity contribution in [1.82, 2.24) is 15.3 Å². The zero-order valence-electron chi connectivity index (χ0n) is 15.0. The molecule has 0 radical (unpaired) electrons. The number of hydrogen-bond donors (Lipinski definition) is 1. The highest BCUT2D eigenvalue weighted by Gasteiger charge is 2.07. The van der Waals surface area contributed by atoms with Crippen LogP contribution in [0.4, 0.5) is 0 Å². The highest BCUT2D eigenvalue weighted by molar-refractivity contribution is 9.10. The quantitative estimate of drug-likeness (QED) is 0.462. The number of unbranched alkanes of at least 4 members (excludes halogenated alkanes) is 1. The summed E-state index contributed by atoms with van der Waals surface area (Å²) in [4.78, 5) is 8.35. The molecule has 0 unspecified atom stereocenters. The van der Waals surface area contributed by atoms with E-state index in [0.29, 0.717) is 6.04 Å². The first-order valence-corrected chi connectivity index (χ1v) is 9.67. The van der Waals surface area contributed by atoms with E-state index in [2.05, 4.69) is 62.4 Å². The molecule has 2 aromatic heterocycles. The van der Waals surface area contributed by atoms with Gasteiger partial charge in [0.25, 0.3) is 0 Å². The second-order valence-electron chi connectivity index (χ2n) is 6.52. The van der Waals surface area contributed by atoms with Crippen molar-refractivity contribution in [3.63, 3.8) is 0 Å². The van der Waals surface area contributed by atoms with Gasteiger partial charge in [0.1, 0.15) is 0 Å². The third-order valence-corrected chi connectivity index (χ3v) is 5.49. The van der Waals surface area contributed by atoms with Gasteiger partial charge in [0.15, 0.2) is 0 Å². The first-order chi connectivity index (χ1) is 12.2. The average molecular weight is 435 g/mol.